The van der Waals surface area contributed by atoms with Crippen molar-refractivity contribution in [1.82, 2.24) is 5.32 Å². The average molecular weight is 284 g/mol. The molecule has 3 N–H and O–H groups in total. The van der Waals surface area contributed by atoms with E-state index in [1.165, 1.54) is 0 Å². The summed E-state index contributed by atoms with van der Waals surface area (Å²) in [4.78, 5) is 11.5. The highest BCUT2D eigenvalue weighted by molar-refractivity contribution is 7.91. The molecule has 0 fully saturated rings. The van der Waals surface area contributed by atoms with E-state index < -0.39 is 9.84 Å². The zero-order chi connectivity index (χ0) is 14.3. The largest absolute Gasteiger partial charge is 0.399 e. The van der Waals surface area contributed by atoms with Crippen LogP contribution in [0, 0.1) is 0 Å². The van der Waals surface area contributed by atoms with Crippen molar-refractivity contribution in [2.45, 2.75) is 19.8 Å². The molecule has 5 nitrogen and oxygen atoms in total. The van der Waals surface area contributed by atoms with E-state index >= 15 is 0 Å². The molecule has 0 unspecified atom stereocenters. The lowest BCUT2D eigenvalue weighted by molar-refractivity contribution is -0.120. The highest BCUT2D eigenvalue weighted by Gasteiger charge is 2.08. The van der Waals surface area contributed by atoms with Crippen LogP contribution >= 0.6 is 0 Å². The van der Waals surface area contributed by atoms with Crippen molar-refractivity contribution < 1.29 is 13.2 Å². The monoisotopic (exact) mass is 284 g/mol. The summed E-state index contributed by atoms with van der Waals surface area (Å²) in [5.41, 5.74) is 7.29. The van der Waals surface area contributed by atoms with Gasteiger partial charge in [0, 0.05) is 24.4 Å². The lowest BCUT2D eigenvalue weighted by Gasteiger charge is -2.05. The average Bonchev–Trinajstić information content (AvgIpc) is 2.38. The Hall–Kier alpha value is -1.56. The second kappa shape index (κ2) is 7.13. The van der Waals surface area contributed by atoms with E-state index in [1.807, 2.05) is 12.1 Å². The Balaban J connectivity index is 2.27. The van der Waals surface area contributed by atoms with Gasteiger partial charge in [-0.25, -0.2) is 8.42 Å². The van der Waals surface area contributed by atoms with Crippen molar-refractivity contribution in [2.75, 3.05) is 23.8 Å². The first-order valence-corrected chi connectivity index (χ1v) is 8.06. The van der Waals surface area contributed by atoms with E-state index in [9.17, 15) is 13.2 Å². The molecule has 19 heavy (non-hydrogen) atoms. The molecule has 1 rings (SSSR count). The molecule has 1 amide bonds. The highest BCUT2D eigenvalue weighted by atomic mass is 32.2. The third-order valence-corrected chi connectivity index (χ3v) is 4.50. The molecular formula is C13H20N2O3S. The predicted molar refractivity (Wildman–Crippen MR) is 76.5 cm³/mol. The zero-order valence-electron chi connectivity index (χ0n) is 11.1. The Kier molecular flexibility index (Phi) is 5.82. The number of carbonyl (C=O) groups excluding carboxylic acids is 1. The van der Waals surface area contributed by atoms with Gasteiger partial charge in [-0.1, -0.05) is 19.1 Å². The fraction of sp³-hybridized carbons (Fsp3) is 0.462. The smallest absolute Gasteiger partial charge is 0.220 e. The number of anilines is 1. The molecule has 6 heteroatoms. The normalized spacial score (nSPS) is 11.2. The zero-order valence-corrected chi connectivity index (χ0v) is 11.9. The maximum atomic E-state index is 11.5. The van der Waals surface area contributed by atoms with Gasteiger partial charge in [-0.05, 0) is 24.1 Å². The summed E-state index contributed by atoms with van der Waals surface area (Å²) >= 11 is 0. The van der Waals surface area contributed by atoms with Crippen LogP contribution in [-0.4, -0.2) is 32.4 Å². The molecule has 0 aliphatic rings. The molecule has 1 aromatic rings. The Morgan fingerprint density at radius 3 is 2.47 bits per heavy atom. The minimum atomic E-state index is -3.02. The summed E-state index contributed by atoms with van der Waals surface area (Å²) < 4.78 is 22.5. The summed E-state index contributed by atoms with van der Waals surface area (Å²) in [5.74, 6) is -0.0334. The van der Waals surface area contributed by atoms with Crippen molar-refractivity contribution in [3.8, 4) is 0 Å². The van der Waals surface area contributed by atoms with E-state index in [0.29, 0.717) is 18.5 Å². The predicted octanol–water partition coefficient (Wildman–Crippen LogP) is 0.752. The first-order chi connectivity index (χ1) is 8.93. The number of aryl methyl sites for hydroxylation is 1. The van der Waals surface area contributed by atoms with Gasteiger partial charge in [-0.2, -0.15) is 0 Å². The minimum absolute atomic E-state index is 0.00287. The number of benzene rings is 1. The third kappa shape index (κ3) is 6.24. The molecular weight excluding hydrogens is 264 g/mol. The molecule has 0 saturated carbocycles. The number of hydrogen-bond donors (Lipinski definition) is 2. The number of nitrogens with one attached hydrogen (secondary N) is 1. The highest BCUT2D eigenvalue weighted by Crippen LogP contribution is 2.07. The van der Waals surface area contributed by atoms with Crippen LogP contribution in [0.5, 0.6) is 0 Å². The topological polar surface area (TPSA) is 89.3 Å². The first kappa shape index (κ1) is 15.5. The number of carbonyl (C=O) groups is 1. The van der Waals surface area contributed by atoms with Crippen LogP contribution in [0.4, 0.5) is 5.69 Å². The maximum Gasteiger partial charge on any atom is 0.220 e. The molecule has 0 aromatic heterocycles. The number of amides is 1. The molecule has 0 saturated heterocycles. The Morgan fingerprint density at radius 1 is 1.26 bits per heavy atom. The molecule has 0 atom stereocenters. The van der Waals surface area contributed by atoms with Crippen LogP contribution in [-0.2, 0) is 21.1 Å². The fourth-order valence-corrected chi connectivity index (χ4v) is 2.22. The second-order valence-electron chi connectivity index (χ2n) is 4.33. The lowest BCUT2D eigenvalue weighted by Crippen LogP contribution is -2.29. The van der Waals surface area contributed by atoms with E-state index in [4.69, 9.17) is 5.73 Å². The van der Waals surface area contributed by atoms with Crippen LogP contribution < -0.4 is 11.1 Å². The van der Waals surface area contributed by atoms with Gasteiger partial charge in [0.05, 0.1) is 5.75 Å². The molecule has 0 aliphatic heterocycles. The lowest BCUT2D eigenvalue weighted by atomic mass is 10.1. The molecule has 1 aromatic carbocycles. The standard InChI is InChI=1S/C13H20N2O3S/c1-2-19(17,18)10-9-15-13(16)8-5-11-3-6-12(14)7-4-11/h3-4,6-7H,2,5,8-10,14H2,1H3,(H,15,16). The van der Waals surface area contributed by atoms with Crippen LogP contribution in [0.3, 0.4) is 0 Å². The number of nitrogens with two attached hydrogens (primary N) is 1. The van der Waals surface area contributed by atoms with E-state index in [1.54, 1.807) is 19.1 Å². The van der Waals surface area contributed by atoms with Crippen LogP contribution in [0.2, 0.25) is 0 Å². The number of rotatable bonds is 7. The summed E-state index contributed by atoms with van der Waals surface area (Å²) in [6, 6.07) is 7.34. The summed E-state index contributed by atoms with van der Waals surface area (Å²) in [5, 5.41) is 2.61. The van der Waals surface area contributed by atoms with Crippen LogP contribution in [0.1, 0.15) is 18.9 Å². The van der Waals surface area contributed by atoms with E-state index in [-0.39, 0.29) is 24.0 Å². The second-order valence-corrected chi connectivity index (χ2v) is 6.80. The summed E-state index contributed by atoms with van der Waals surface area (Å²) in [6.45, 7) is 1.77. The van der Waals surface area contributed by atoms with Crippen LogP contribution in [0.25, 0.3) is 0 Å². The van der Waals surface area contributed by atoms with Gasteiger partial charge in [-0.3, -0.25) is 4.79 Å². The molecule has 0 aliphatic carbocycles. The van der Waals surface area contributed by atoms with Gasteiger partial charge >= 0.3 is 0 Å². The summed E-state index contributed by atoms with van der Waals surface area (Å²) in [6.07, 6.45) is 0.961. The Morgan fingerprint density at radius 2 is 1.89 bits per heavy atom. The molecule has 0 spiro atoms. The van der Waals surface area contributed by atoms with Gasteiger partial charge in [0.1, 0.15) is 0 Å². The van der Waals surface area contributed by atoms with Crippen molar-refractivity contribution in [3.63, 3.8) is 0 Å². The van der Waals surface area contributed by atoms with Crippen molar-refractivity contribution >= 4 is 21.4 Å². The van der Waals surface area contributed by atoms with Crippen LogP contribution in [0.15, 0.2) is 24.3 Å². The Bertz CT molecular complexity index is 509. The summed E-state index contributed by atoms with van der Waals surface area (Å²) in [7, 11) is -3.02. The van der Waals surface area contributed by atoms with Gasteiger partial charge in [0.2, 0.25) is 5.91 Å². The quantitative estimate of drug-likeness (QED) is 0.723. The van der Waals surface area contributed by atoms with Crippen molar-refractivity contribution in [1.29, 1.82) is 0 Å². The first-order valence-electron chi connectivity index (χ1n) is 6.24. The molecule has 0 radical (unpaired) electrons. The number of nitrogen functional groups attached to an aromatic ring is 1. The maximum absolute atomic E-state index is 11.5. The van der Waals surface area contributed by atoms with E-state index in [0.717, 1.165) is 5.56 Å². The number of sulfone groups is 1. The SMILES string of the molecule is CCS(=O)(=O)CCNC(=O)CCc1ccc(N)cc1. The van der Waals surface area contributed by atoms with Crippen molar-refractivity contribution in [2.24, 2.45) is 0 Å². The van der Waals surface area contributed by atoms with Gasteiger partial charge < -0.3 is 11.1 Å². The minimum Gasteiger partial charge on any atom is -0.399 e. The van der Waals surface area contributed by atoms with Gasteiger partial charge in [0.15, 0.2) is 9.84 Å². The Labute approximate surface area is 114 Å². The molecule has 0 bridgehead atoms. The van der Waals surface area contributed by atoms with Gasteiger partial charge in [-0.15, -0.1) is 0 Å². The van der Waals surface area contributed by atoms with E-state index in [2.05, 4.69) is 5.32 Å². The van der Waals surface area contributed by atoms with Crippen molar-refractivity contribution in [3.05, 3.63) is 29.8 Å². The number of hydrogen-bond acceptors (Lipinski definition) is 4. The molecule has 106 valence electrons. The molecule has 0 heterocycles. The van der Waals surface area contributed by atoms with Gasteiger partial charge in [0.25, 0.3) is 0 Å². The third-order valence-electron chi connectivity index (χ3n) is 2.80. The fourth-order valence-electron chi connectivity index (χ4n) is 1.52.